The normalized spacial score (nSPS) is 12.0. The van der Waals surface area contributed by atoms with Crippen molar-refractivity contribution >= 4 is 5.69 Å². The first kappa shape index (κ1) is 15.1. The quantitative estimate of drug-likeness (QED) is 0.803. The topological polar surface area (TPSA) is 64.7 Å². The van der Waals surface area contributed by atoms with Crippen LogP contribution < -0.4 is 15.2 Å². The minimum atomic E-state index is -0.869. The van der Waals surface area contributed by atoms with Crippen molar-refractivity contribution in [2.75, 3.05) is 18.9 Å². The molecule has 0 saturated heterocycles. The molecule has 0 aliphatic heterocycles. The van der Waals surface area contributed by atoms with Gasteiger partial charge in [0.05, 0.1) is 0 Å². The predicted molar refractivity (Wildman–Crippen MR) is 79.0 cm³/mol. The molecule has 0 heterocycles. The first-order valence-corrected chi connectivity index (χ1v) is 6.60. The van der Waals surface area contributed by atoms with E-state index in [1.165, 1.54) is 6.07 Å². The summed E-state index contributed by atoms with van der Waals surface area (Å²) in [6.07, 6.45) is -0.869. The molecule has 4 nitrogen and oxygen atoms in total. The summed E-state index contributed by atoms with van der Waals surface area (Å²) in [5.74, 6) is 0.273. The van der Waals surface area contributed by atoms with Gasteiger partial charge in [-0.15, -0.1) is 0 Å². The van der Waals surface area contributed by atoms with E-state index in [0.717, 1.165) is 0 Å². The fraction of sp³-hybridized carbons (Fsp3) is 0.250. The number of hydrogen-bond acceptors (Lipinski definition) is 4. The Labute approximate surface area is 122 Å². The van der Waals surface area contributed by atoms with Gasteiger partial charge in [-0.1, -0.05) is 18.2 Å². The van der Waals surface area contributed by atoms with Crippen molar-refractivity contribution in [3.8, 4) is 11.5 Å². The zero-order chi connectivity index (χ0) is 15.2. The number of nitrogens with two attached hydrogens (primary N) is 1. The van der Waals surface area contributed by atoms with E-state index in [4.69, 9.17) is 15.2 Å². The highest BCUT2D eigenvalue weighted by Gasteiger charge is 2.10. The highest BCUT2D eigenvalue weighted by molar-refractivity contribution is 5.43. The SMILES string of the molecule is Cc1cccc(OCC(O)COc2cccc(N)c2)c1F. The van der Waals surface area contributed by atoms with E-state index in [9.17, 15) is 9.50 Å². The van der Waals surface area contributed by atoms with Gasteiger partial charge in [-0.05, 0) is 30.7 Å². The highest BCUT2D eigenvalue weighted by atomic mass is 19.1. The average Bonchev–Trinajstić information content (AvgIpc) is 2.47. The van der Waals surface area contributed by atoms with Gasteiger partial charge in [0.15, 0.2) is 11.6 Å². The van der Waals surface area contributed by atoms with Gasteiger partial charge in [0.2, 0.25) is 0 Å². The molecule has 112 valence electrons. The number of nitrogen functional groups attached to an aromatic ring is 1. The van der Waals surface area contributed by atoms with Crippen LogP contribution >= 0.6 is 0 Å². The van der Waals surface area contributed by atoms with Crippen molar-refractivity contribution in [2.24, 2.45) is 0 Å². The molecule has 3 N–H and O–H groups in total. The molecule has 0 aliphatic rings. The summed E-state index contributed by atoms with van der Waals surface area (Å²) in [6, 6.07) is 11.8. The minimum Gasteiger partial charge on any atom is -0.491 e. The first-order chi connectivity index (χ1) is 10.1. The standard InChI is InChI=1S/C16H18FNO3/c1-11-4-2-7-15(16(11)17)21-10-13(19)9-20-14-6-3-5-12(18)8-14/h2-8,13,19H,9-10,18H2,1H3. The molecule has 2 aromatic rings. The summed E-state index contributed by atoms with van der Waals surface area (Å²) >= 11 is 0. The molecule has 5 heteroatoms. The van der Waals surface area contributed by atoms with Crippen molar-refractivity contribution in [3.63, 3.8) is 0 Å². The summed E-state index contributed by atoms with van der Waals surface area (Å²) in [7, 11) is 0. The lowest BCUT2D eigenvalue weighted by atomic mass is 10.2. The van der Waals surface area contributed by atoms with Crippen molar-refractivity contribution < 1.29 is 19.0 Å². The molecule has 21 heavy (non-hydrogen) atoms. The van der Waals surface area contributed by atoms with Gasteiger partial charge in [-0.3, -0.25) is 0 Å². The smallest absolute Gasteiger partial charge is 0.167 e. The van der Waals surface area contributed by atoms with Crippen LogP contribution in [0.15, 0.2) is 42.5 Å². The third-order valence-corrected chi connectivity index (χ3v) is 2.89. The average molecular weight is 291 g/mol. The summed E-state index contributed by atoms with van der Waals surface area (Å²) in [5.41, 5.74) is 6.70. The van der Waals surface area contributed by atoms with Gasteiger partial charge in [0.25, 0.3) is 0 Å². The molecule has 0 radical (unpaired) electrons. The van der Waals surface area contributed by atoms with Crippen LogP contribution in [0.4, 0.5) is 10.1 Å². The van der Waals surface area contributed by atoms with Crippen molar-refractivity contribution in [1.82, 2.24) is 0 Å². The summed E-state index contributed by atoms with van der Waals surface area (Å²) < 4.78 is 24.3. The van der Waals surface area contributed by atoms with Crippen LogP contribution in [0, 0.1) is 12.7 Å². The van der Waals surface area contributed by atoms with Gasteiger partial charge in [0.1, 0.15) is 25.1 Å². The van der Waals surface area contributed by atoms with Crippen LogP contribution in [0.5, 0.6) is 11.5 Å². The first-order valence-electron chi connectivity index (χ1n) is 6.60. The molecule has 2 rings (SSSR count). The minimum absolute atomic E-state index is 0.0386. The molecule has 2 aromatic carbocycles. The fourth-order valence-electron chi connectivity index (χ4n) is 1.76. The zero-order valence-corrected chi connectivity index (χ0v) is 11.8. The fourth-order valence-corrected chi connectivity index (χ4v) is 1.76. The largest absolute Gasteiger partial charge is 0.491 e. The Morgan fingerprint density at radius 1 is 1.14 bits per heavy atom. The summed E-state index contributed by atoms with van der Waals surface area (Å²) in [6.45, 7) is 1.64. The lowest BCUT2D eigenvalue weighted by Gasteiger charge is -2.14. The molecule has 0 spiro atoms. The van der Waals surface area contributed by atoms with E-state index in [0.29, 0.717) is 17.0 Å². The van der Waals surface area contributed by atoms with Gasteiger partial charge >= 0.3 is 0 Å². The van der Waals surface area contributed by atoms with E-state index in [1.54, 1.807) is 43.3 Å². The zero-order valence-electron chi connectivity index (χ0n) is 11.8. The second-order valence-corrected chi connectivity index (χ2v) is 4.74. The van der Waals surface area contributed by atoms with Gasteiger partial charge in [-0.2, -0.15) is 0 Å². The second-order valence-electron chi connectivity index (χ2n) is 4.74. The van der Waals surface area contributed by atoms with Crippen LogP contribution in [0.1, 0.15) is 5.56 Å². The van der Waals surface area contributed by atoms with E-state index < -0.39 is 11.9 Å². The Morgan fingerprint density at radius 2 is 1.86 bits per heavy atom. The number of rotatable bonds is 6. The number of anilines is 1. The molecule has 0 fully saturated rings. The Morgan fingerprint density at radius 3 is 2.62 bits per heavy atom. The molecule has 0 aliphatic carbocycles. The van der Waals surface area contributed by atoms with E-state index in [1.807, 2.05) is 0 Å². The molecule has 0 bridgehead atoms. The summed E-state index contributed by atoms with van der Waals surface area (Å²) in [5, 5.41) is 9.80. The third kappa shape index (κ3) is 4.36. The summed E-state index contributed by atoms with van der Waals surface area (Å²) in [4.78, 5) is 0. The Hall–Kier alpha value is -2.27. The van der Waals surface area contributed by atoms with Gasteiger partial charge in [-0.25, -0.2) is 4.39 Å². The Kier molecular flexibility index (Phi) is 5.00. The van der Waals surface area contributed by atoms with Crippen LogP contribution in [0.25, 0.3) is 0 Å². The van der Waals surface area contributed by atoms with E-state index in [2.05, 4.69) is 0 Å². The molecule has 0 aromatic heterocycles. The monoisotopic (exact) mass is 291 g/mol. The second kappa shape index (κ2) is 6.95. The third-order valence-electron chi connectivity index (χ3n) is 2.89. The number of benzene rings is 2. The predicted octanol–water partition coefficient (Wildman–Crippen LogP) is 2.54. The highest BCUT2D eigenvalue weighted by Crippen LogP contribution is 2.20. The maximum atomic E-state index is 13.7. The maximum absolute atomic E-state index is 13.7. The van der Waals surface area contributed by atoms with E-state index >= 15 is 0 Å². The Bertz CT molecular complexity index is 604. The molecular weight excluding hydrogens is 273 g/mol. The van der Waals surface area contributed by atoms with Crippen LogP contribution in [-0.4, -0.2) is 24.4 Å². The number of halogens is 1. The molecule has 0 saturated carbocycles. The Balaban J connectivity index is 1.82. The molecule has 1 atom stereocenters. The number of aliphatic hydroxyl groups excluding tert-OH is 1. The van der Waals surface area contributed by atoms with Crippen LogP contribution in [0.3, 0.4) is 0 Å². The van der Waals surface area contributed by atoms with Crippen molar-refractivity contribution in [3.05, 3.63) is 53.8 Å². The van der Waals surface area contributed by atoms with Crippen molar-refractivity contribution in [2.45, 2.75) is 13.0 Å². The lowest BCUT2D eigenvalue weighted by Crippen LogP contribution is -2.25. The molecular formula is C16H18FNO3. The molecule has 1 unspecified atom stereocenters. The lowest BCUT2D eigenvalue weighted by molar-refractivity contribution is 0.0612. The molecule has 0 amide bonds. The van der Waals surface area contributed by atoms with E-state index in [-0.39, 0.29) is 19.0 Å². The van der Waals surface area contributed by atoms with Crippen LogP contribution in [0.2, 0.25) is 0 Å². The number of aryl methyl sites for hydroxylation is 1. The van der Waals surface area contributed by atoms with Crippen LogP contribution in [-0.2, 0) is 0 Å². The maximum Gasteiger partial charge on any atom is 0.167 e. The van der Waals surface area contributed by atoms with Crippen molar-refractivity contribution in [1.29, 1.82) is 0 Å². The number of aliphatic hydroxyl groups is 1. The van der Waals surface area contributed by atoms with Gasteiger partial charge < -0.3 is 20.3 Å². The van der Waals surface area contributed by atoms with Gasteiger partial charge in [0, 0.05) is 11.8 Å². The number of ether oxygens (including phenoxy) is 2. The number of hydrogen-bond donors (Lipinski definition) is 2.